The van der Waals surface area contributed by atoms with E-state index in [4.69, 9.17) is 9.47 Å². The molecule has 0 unspecified atom stereocenters. The van der Waals surface area contributed by atoms with Crippen LogP contribution < -0.4 is 0 Å². The zero-order chi connectivity index (χ0) is 15.7. The quantitative estimate of drug-likeness (QED) is 0.774. The topological polar surface area (TPSA) is 81.6 Å². The van der Waals surface area contributed by atoms with Gasteiger partial charge in [0.05, 0.1) is 0 Å². The van der Waals surface area contributed by atoms with Crippen LogP contribution in [-0.4, -0.2) is 52.2 Å². The molecular formula is C15H19N3O4. The van der Waals surface area contributed by atoms with Gasteiger partial charge in [-0.1, -0.05) is 13.8 Å². The molecule has 3 heterocycles. The van der Waals surface area contributed by atoms with E-state index in [2.05, 4.69) is 9.97 Å². The minimum absolute atomic E-state index is 0.107. The van der Waals surface area contributed by atoms with Gasteiger partial charge in [0.2, 0.25) is 0 Å². The molecule has 0 aromatic carbocycles. The second kappa shape index (κ2) is 5.55. The number of likely N-dealkylation sites (tertiary alicyclic amines) is 1. The minimum Gasteiger partial charge on any atom is -0.430 e. The van der Waals surface area contributed by atoms with Crippen molar-refractivity contribution in [3.63, 3.8) is 0 Å². The fourth-order valence-electron chi connectivity index (χ4n) is 2.72. The Morgan fingerprint density at radius 3 is 2.68 bits per heavy atom. The van der Waals surface area contributed by atoms with Crippen LogP contribution >= 0.6 is 0 Å². The Balaban J connectivity index is 1.67. The van der Waals surface area contributed by atoms with Gasteiger partial charge in [-0.05, 0) is 6.07 Å². The van der Waals surface area contributed by atoms with Crippen LogP contribution in [0.3, 0.4) is 0 Å². The summed E-state index contributed by atoms with van der Waals surface area (Å²) in [6.07, 6.45) is 2.18. The van der Waals surface area contributed by atoms with Crippen molar-refractivity contribution in [1.82, 2.24) is 14.9 Å². The molecule has 1 aromatic heterocycles. The highest BCUT2D eigenvalue weighted by Crippen LogP contribution is 2.32. The molecule has 1 aromatic rings. The Labute approximate surface area is 128 Å². The van der Waals surface area contributed by atoms with Gasteiger partial charge in [0.1, 0.15) is 18.1 Å². The molecule has 2 saturated heterocycles. The van der Waals surface area contributed by atoms with Crippen molar-refractivity contribution in [2.24, 2.45) is 0 Å². The Bertz CT molecular complexity index is 594. The highest BCUT2D eigenvalue weighted by molar-refractivity contribution is 5.92. The monoisotopic (exact) mass is 305 g/mol. The predicted octanol–water partition coefficient (Wildman–Crippen LogP) is 1.74. The van der Waals surface area contributed by atoms with Crippen molar-refractivity contribution < 1.29 is 19.1 Å². The number of hydrogen-bond acceptors (Lipinski definition) is 6. The van der Waals surface area contributed by atoms with Crippen molar-refractivity contribution in [1.29, 1.82) is 0 Å². The Morgan fingerprint density at radius 2 is 2.09 bits per heavy atom. The molecule has 0 N–H and O–H groups in total. The molecule has 1 amide bonds. The number of amides is 1. The molecule has 0 radical (unpaired) electrons. The van der Waals surface area contributed by atoms with Gasteiger partial charge in [-0.25, -0.2) is 14.8 Å². The van der Waals surface area contributed by atoms with E-state index in [0.717, 1.165) is 0 Å². The van der Waals surface area contributed by atoms with E-state index < -0.39 is 11.8 Å². The number of nitrogens with zero attached hydrogens (tertiary/aromatic N) is 3. The van der Waals surface area contributed by atoms with E-state index >= 15 is 0 Å². The van der Waals surface area contributed by atoms with Crippen LogP contribution in [0.5, 0.6) is 0 Å². The van der Waals surface area contributed by atoms with Crippen molar-refractivity contribution in [2.75, 3.05) is 19.7 Å². The van der Waals surface area contributed by atoms with E-state index in [1.165, 1.54) is 0 Å². The van der Waals surface area contributed by atoms with E-state index in [1.807, 2.05) is 13.8 Å². The van der Waals surface area contributed by atoms with E-state index in [0.29, 0.717) is 37.4 Å². The number of hydrogen-bond donors (Lipinski definition) is 0. The maximum absolute atomic E-state index is 12.5. The largest absolute Gasteiger partial charge is 0.509 e. The zero-order valence-electron chi connectivity index (χ0n) is 12.7. The minimum atomic E-state index is -0.614. The van der Waals surface area contributed by atoms with Crippen LogP contribution in [0.25, 0.3) is 0 Å². The van der Waals surface area contributed by atoms with Gasteiger partial charge < -0.3 is 14.4 Å². The van der Waals surface area contributed by atoms with E-state index in [9.17, 15) is 9.59 Å². The van der Waals surface area contributed by atoms with Gasteiger partial charge in [0, 0.05) is 38.0 Å². The van der Waals surface area contributed by atoms with Crippen LogP contribution in [0.15, 0.2) is 12.3 Å². The molecule has 3 rings (SSSR count). The van der Waals surface area contributed by atoms with Crippen molar-refractivity contribution in [3.05, 3.63) is 23.8 Å². The molecule has 118 valence electrons. The normalized spacial score (nSPS) is 20.1. The maximum Gasteiger partial charge on any atom is 0.509 e. The summed E-state index contributed by atoms with van der Waals surface area (Å²) in [5.74, 6) is 0.731. The number of carbonyl (C=O) groups is 2. The number of ether oxygens (including phenoxy) is 2. The number of rotatable bonds is 2. The number of carbonyl (C=O) groups excluding carboxylic acids is 2. The summed E-state index contributed by atoms with van der Waals surface area (Å²) in [6, 6.07) is 1.64. The van der Waals surface area contributed by atoms with E-state index in [1.54, 1.807) is 17.2 Å². The van der Waals surface area contributed by atoms with Gasteiger partial charge in [-0.3, -0.25) is 4.79 Å². The lowest BCUT2D eigenvalue weighted by Crippen LogP contribution is -2.48. The fraction of sp³-hybridized carbons (Fsp3) is 0.600. The van der Waals surface area contributed by atoms with Gasteiger partial charge in [0.25, 0.3) is 5.91 Å². The molecular weight excluding hydrogens is 286 g/mol. The molecule has 7 nitrogen and oxygen atoms in total. The first kappa shape index (κ1) is 14.7. The molecule has 0 aliphatic carbocycles. The summed E-state index contributed by atoms with van der Waals surface area (Å²) in [4.78, 5) is 33.9. The predicted molar refractivity (Wildman–Crippen MR) is 76.4 cm³/mol. The average molecular weight is 305 g/mol. The van der Waals surface area contributed by atoms with E-state index in [-0.39, 0.29) is 18.4 Å². The Kier molecular flexibility index (Phi) is 3.72. The highest BCUT2D eigenvalue weighted by atomic mass is 16.8. The third-order valence-electron chi connectivity index (χ3n) is 4.12. The summed E-state index contributed by atoms with van der Waals surface area (Å²) >= 11 is 0. The Hall–Kier alpha value is -2.18. The summed E-state index contributed by atoms with van der Waals surface area (Å²) in [5, 5.41) is 0. The molecule has 0 saturated carbocycles. The lowest BCUT2D eigenvalue weighted by molar-refractivity contribution is 0.00263. The van der Waals surface area contributed by atoms with Gasteiger partial charge in [0.15, 0.2) is 5.60 Å². The second-order valence-corrected chi connectivity index (χ2v) is 6.07. The first-order valence-corrected chi connectivity index (χ1v) is 7.47. The number of cyclic esters (lactones) is 1. The number of piperidine rings is 1. The number of aromatic nitrogens is 2. The molecule has 0 atom stereocenters. The third-order valence-corrected chi connectivity index (χ3v) is 4.12. The molecule has 2 aliphatic rings. The molecule has 2 aliphatic heterocycles. The van der Waals surface area contributed by atoms with Crippen molar-refractivity contribution >= 4 is 12.1 Å². The molecule has 2 fully saturated rings. The molecule has 7 heteroatoms. The molecule has 1 spiro atoms. The van der Waals surface area contributed by atoms with Crippen molar-refractivity contribution in [3.8, 4) is 0 Å². The average Bonchev–Trinajstić information content (AvgIpc) is 2.88. The lowest BCUT2D eigenvalue weighted by atomic mass is 9.92. The maximum atomic E-state index is 12.5. The van der Waals surface area contributed by atoms with Crippen LogP contribution in [0.1, 0.15) is 48.9 Å². The fourth-order valence-corrected chi connectivity index (χ4v) is 2.72. The third kappa shape index (κ3) is 2.75. The highest BCUT2D eigenvalue weighted by Gasteiger charge is 2.45. The SMILES string of the molecule is CC(C)c1nccc(C(=O)N2CCC3(CC2)COC(=O)O3)n1. The van der Waals surface area contributed by atoms with Gasteiger partial charge >= 0.3 is 6.16 Å². The summed E-state index contributed by atoms with van der Waals surface area (Å²) in [5.41, 5.74) is -0.142. The van der Waals surface area contributed by atoms with Crippen LogP contribution in [0.2, 0.25) is 0 Å². The summed E-state index contributed by atoms with van der Waals surface area (Å²) in [6.45, 7) is 5.30. The summed E-state index contributed by atoms with van der Waals surface area (Å²) < 4.78 is 10.1. The van der Waals surface area contributed by atoms with Crippen LogP contribution in [0.4, 0.5) is 4.79 Å². The van der Waals surface area contributed by atoms with Crippen LogP contribution in [-0.2, 0) is 9.47 Å². The molecule has 22 heavy (non-hydrogen) atoms. The smallest absolute Gasteiger partial charge is 0.430 e. The summed E-state index contributed by atoms with van der Waals surface area (Å²) in [7, 11) is 0. The second-order valence-electron chi connectivity index (χ2n) is 6.07. The molecule has 0 bridgehead atoms. The first-order valence-electron chi connectivity index (χ1n) is 7.47. The zero-order valence-corrected chi connectivity index (χ0v) is 12.7. The van der Waals surface area contributed by atoms with Crippen molar-refractivity contribution in [2.45, 2.75) is 38.2 Å². The first-order chi connectivity index (χ1) is 10.5. The van der Waals surface area contributed by atoms with Gasteiger partial charge in [-0.15, -0.1) is 0 Å². The lowest BCUT2D eigenvalue weighted by Gasteiger charge is -2.36. The standard InChI is InChI=1S/C15H19N3O4/c1-10(2)12-16-6-3-11(17-12)13(19)18-7-4-15(5-8-18)9-21-14(20)22-15/h3,6,10H,4-5,7-9H2,1-2H3. The van der Waals surface area contributed by atoms with Crippen LogP contribution in [0, 0.1) is 0 Å². The Morgan fingerprint density at radius 1 is 1.36 bits per heavy atom. The van der Waals surface area contributed by atoms with Gasteiger partial charge in [-0.2, -0.15) is 0 Å².